The summed E-state index contributed by atoms with van der Waals surface area (Å²) in [5.41, 5.74) is 6.14. The molecule has 0 bridgehead atoms. The molecule has 2 aromatic rings. The van der Waals surface area contributed by atoms with Crippen molar-refractivity contribution in [3.05, 3.63) is 54.1 Å². The molecule has 2 amide bonds. The summed E-state index contributed by atoms with van der Waals surface area (Å²) in [6.07, 6.45) is -2.96. The molecule has 0 unspecified atom stereocenters. The number of sulfone groups is 2. The molecule has 39 heavy (non-hydrogen) atoms. The highest BCUT2D eigenvalue weighted by Crippen LogP contribution is 2.34. The molecule has 2 rings (SSSR count). The molecule has 0 fully saturated rings. The van der Waals surface area contributed by atoms with E-state index in [0.29, 0.717) is 11.1 Å². The highest BCUT2D eigenvalue weighted by Gasteiger charge is 2.43. The van der Waals surface area contributed by atoms with E-state index < -0.39 is 61.5 Å². The number of benzene rings is 2. The number of nitrogens with one attached hydrogen (secondary N) is 2. The smallest absolute Gasteiger partial charge is 0.368 e. The molecule has 216 valence electrons. The van der Waals surface area contributed by atoms with Crippen molar-refractivity contribution in [2.75, 3.05) is 18.3 Å². The maximum Gasteiger partial charge on any atom is 0.407 e. The van der Waals surface area contributed by atoms with Gasteiger partial charge in [-0.15, -0.1) is 0 Å². The number of hydrogen-bond donors (Lipinski definition) is 3. The number of carbonyl (C=O) groups is 2. The van der Waals surface area contributed by atoms with Gasteiger partial charge in [-0.3, -0.25) is 14.9 Å². The third-order valence-electron chi connectivity index (χ3n) is 5.71. The molecule has 0 aliphatic rings. The zero-order valence-corrected chi connectivity index (χ0v) is 23.5. The van der Waals surface area contributed by atoms with Gasteiger partial charge in [-0.25, -0.2) is 16.8 Å². The Hall–Kier alpha value is -2.97. The van der Waals surface area contributed by atoms with Gasteiger partial charge in [-0.05, 0) is 41.2 Å². The molecule has 0 aliphatic carbocycles. The van der Waals surface area contributed by atoms with Gasteiger partial charge in [-0.2, -0.15) is 13.2 Å². The topological polar surface area (TPSA) is 152 Å². The second-order valence-corrected chi connectivity index (χ2v) is 14.0. The fourth-order valence-electron chi connectivity index (χ4n) is 3.84. The van der Waals surface area contributed by atoms with Crippen LogP contribution in [-0.4, -0.2) is 65.2 Å². The summed E-state index contributed by atoms with van der Waals surface area (Å²) >= 11 is 0. The molecular weight excluding hydrogens is 559 g/mol. The largest absolute Gasteiger partial charge is 0.407 e. The van der Waals surface area contributed by atoms with Crippen molar-refractivity contribution < 1.29 is 39.6 Å². The zero-order chi connectivity index (χ0) is 29.8. The maximum atomic E-state index is 14.2. The number of carbonyl (C=O) groups excluding carboxylic acids is 2. The van der Waals surface area contributed by atoms with Gasteiger partial charge >= 0.3 is 6.18 Å². The fourth-order valence-corrected chi connectivity index (χ4v) is 5.32. The minimum atomic E-state index is -4.82. The van der Waals surface area contributed by atoms with E-state index >= 15 is 0 Å². The van der Waals surface area contributed by atoms with Crippen LogP contribution in [0.5, 0.6) is 0 Å². The second kappa shape index (κ2) is 12.5. The highest BCUT2D eigenvalue weighted by molar-refractivity contribution is 7.91. The molecule has 2 aromatic carbocycles. The first-order valence-corrected chi connectivity index (χ1v) is 15.7. The van der Waals surface area contributed by atoms with Crippen LogP contribution in [0.3, 0.4) is 0 Å². The van der Waals surface area contributed by atoms with Crippen molar-refractivity contribution in [1.29, 1.82) is 0 Å². The van der Waals surface area contributed by atoms with E-state index in [1.807, 2.05) is 0 Å². The predicted molar refractivity (Wildman–Crippen MR) is 141 cm³/mol. The maximum absolute atomic E-state index is 14.2. The van der Waals surface area contributed by atoms with Gasteiger partial charge in [0.1, 0.15) is 21.9 Å². The quantitative estimate of drug-likeness (QED) is 0.343. The minimum Gasteiger partial charge on any atom is -0.368 e. The standard InChI is InChI=1S/C25H32F3N3O6S2/c1-15(2)13-20(24(33)31-21(23(29)32)14-38(3,34)35)30-22(25(26,27)28)18-7-5-16(6-8-18)17-9-11-19(12-10-17)39(4,36)37/h5-12,15,20-22,30H,13-14H2,1-4H3,(H2,29,32)(H,31,33)/t20-,21-,22-/m0/s1. The first-order chi connectivity index (χ1) is 17.8. The first kappa shape index (κ1) is 32.2. The van der Waals surface area contributed by atoms with Gasteiger partial charge in [0, 0.05) is 12.5 Å². The van der Waals surface area contributed by atoms with Crippen molar-refractivity contribution in [3.63, 3.8) is 0 Å². The average molecular weight is 592 g/mol. The summed E-state index contributed by atoms with van der Waals surface area (Å²) in [4.78, 5) is 24.7. The lowest BCUT2D eigenvalue weighted by Crippen LogP contribution is -2.55. The van der Waals surface area contributed by atoms with Crippen LogP contribution in [0.2, 0.25) is 0 Å². The molecule has 9 nitrogen and oxygen atoms in total. The number of rotatable bonds is 12. The summed E-state index contributed by atoms with van der Waals surface area (Å²) in [6, 6.07) is 5.94. The van der Waals surface area contributed by atoms with Gasteiger partial charge in [0.2, 0.25) is 11.8 Å². The Morgan fingerprint density at radius 1 is 0.872 bits per heavy atom. The number of hydrogen-bond acceptors (Lipinski definition) is 7. The molecule has 0 radical (unpaired) electrons. The van der Waals surface area contributed by atoms with Crippen LogP contribution >= 0.6 is 0 Å². The van der Waals surface area contributed by atoms with Gasteiger partial charge in [0.15, 0.2) is 9.84 Å². The normalized spacial score (nSPS) is 15.0. The highest BCUT2D eigenvalue weighted by atomic mass is 32.2. The van der Waals surface area contributed by atoms with Gasteiger partial charge in [0.25, 0.3) is 0 Å². The van der Waals surface area contributed by atoms with Crippen LogP contribution in [0, 0.1) is 5.92 Å². The van der Waals surface area contributed by atoms with E-state index in [2.05, 4.69) is 10.6 Å². The molecule has 0 saturated heterocycles. The van der Waals surface area contributed by atoms with E-state index in [0.717, 1.165) is 12.5 Å². The Kier molecular flexibility index (Phi) is 10.3. The lowest BCUT2D eigenvalue weighted by Gasteiger charge is -2.29. The average Bonchev–Trinajstić information content (AvgIpc) is 2.79. The summed E-state index contributed by atoms with van der Waals surface area (Å²) in [5.74, 6) is -3.16. The van der Waals surface area contributed by atoms with Crippen LogP contribution in [0.1, 0.15) is 31.9 Å². The molecule has 14 heteroatoms. The third-order valence-corrected chi connectivity index (χ3v) is 7.78. The third kappa shape index (κ3) is 9.93. The SMILES string of the molecule is CC(C)C[C@H](N[C@@H](c1ccc(-c2ccc(S(C)(=O)=O)cc2)cc1)C(F)(F)F)C(=O)N[C@@H](CS(C)(=O)=O)C(N)=O. The van der Waals surface area contributed by atoms with Gasteiger partial charge in [0.05, 0.1) is 16.7 Å². The Bertz CT molecular complexity index is 1380. The summed E-state index contributed by atoms with van der Waals surface area (Å²) in [5, 5.41) is 4.49. The Morgan fingerprint density at radius 3 is 1.74 bits per heavy atom. The molecule has 0 saturated carbocycles. The van der Waals surface area contributed by atoms with Crippen LogP contribution in [-0.2, 0) is 29.3 Å². The lowest BCUT2D eigenvalue weighted by molar-refractivity contribution is -0.161. The number of halogens is 3. The Balaban J connectivity index is 2.35. The molecule has 0 spiro atoms. The van der Waals surface area contributed by atoms with Gasteiger partial charge < -0.3 is 11.1 Å². The first-order valence-electron chi connectivity index (χ1n) is 11.8. The lowest BCUT2D eigenvalue weighted by atomic mass is 9.97. The number of nitrogens with two attached hydrogens (primary N) is 1. The Labute approximate surface area is 226 Å². The van der Waals surface area contributed by atoms with Crippen molar-refractivity contribution in [3.8, 4) is 11.1 Å². The minimum absolute atomic E-state index is 0.0481. The predicted octanol–water partition coefficient (Wildman–Crippen LogP) is 2.38. The monoisotopic (exact) mass is 591 g/mol. The van der Waals surface area contributed by atoms with Crippen molar-refractivity contribution in [2.45, 2.75) is 49.5 Å². The molecular formula is C25H32F3N3O6S2. The Morgan fingerprint density at radius 2 is 1.36 bits per heavy atom. The van der Waals surface area contributed by atoms with E-state index in [9.17, 15) is 39.6 Å². The van der Waals surface area contributed by atoms with Crippen LogP contribution < -0.4 is 16.4 Å². The summed E-state index contributed by atoms with van der Waals surface area (Å²) in [7, 11) is -7.14. The van der Waals surface area contributed by atoms with Crippen molar-refractivity contribution in [1.82, 2.24) is 10.6 Å². The van der Waals surface area contributed by atoms with E-state index in [4.69, 9.17) is 5.73 Å². The zero-order valence-electron chi connectivity index (χ0n) is 21.8. The molecule has 0 aromatic heterocycles. The second-order valence-electron chi connectivity index (χ2n) is 9.80. The van der Waals surface area contributed by atoms with Crippen LogP contribution in [0.15, 0.2) is 53.4 Å². The molecule has 0 heterocycles. The number of amides is 2. The number of primary amides is 1. The fraction of sp³-hybridized carbons (Fsp3) is 0.440. The number of alkyl halides is 3. The van der Waals surface area contributed by atoms with E-state index in [1.165, 1.54) is 36.4 Å². The summed E-state index contributed by atoms with van der Waals surface area (Å²) in [6.45, 7) is 3.38. The van der Waals surface area contributed by atoms with Crippen LogP contribution in [0.25, 0.3) is 11.1 Å². The van der Waals surface area contributed by atoms with Crippen LogP contribution in [0.4, 0.5) is 13.2 Å². The van der Waals surface area contributed by atoms with E-state index in [-0.39, 0.29) is 22.8 Å². The van der Waals surface area contributed by atoms with E-state index in [1.54, 1.807) is 26.0 Å². The molecule has 3 atom stereocenters. The molecule has 0 aliphatic heterocycles. The van der Waals surface area contributed by atoms with Gasteiger partial charge in [-0.1, -0.05) is 50.2 Å². The van der Waals surface area contributed by atoms with Crippen molar-refractivity contribution in [2.24, 2.45) is 11.7 Å². The molecule has 4 N–H and O–H groups in total. The summed E-state index contributed by atoms with van der Waals surface area (Å²) < 4.78 is 89.0. The van der Waals surface area contributed by atoms with Crippen molar-refractivity contribution >= 4 is 31.5 Å².